The maximum Gasteiger partial charge on any atom is 0.236 e. The molecule has 0 unspecified atom stereocenters. The second-order valence-electron chi connectivity index (χ2n) is 7.07. The molecule has 0 fully saturated rings. The minimum absolute atomic E-state index is 0.357. The highest BCUT2D eigenvalue weighted by atomic mass is 79.9. The van der Waals surface area contributed by atoms with Crippen LogP contribution in [0.5, 0.6) is 34.8 Å². The van der Waals surface area contributed by atoms with Crippen LogP contribution < -0.4 is 33.3 Å². The van der Waals surface area contributed by atoms with Gasteiger partial charge in [0.15, 0.2) is 0 Å². The molecule has 1 heterocycles. The third-order valence-corrected chi connectivity index (χ3v) is 5.84. The Bertz CT molecular complexity index is 1050. The summed E-state index contributed by atoms with van der Waals surface area (Å²) in [6, 6.07) is 11.3. The fourth-order valence-corrected chi connectivity index (χ4v) is 3.88. The average molecular weight is 534 g/mol. The van der Waals surface area contributed by atoms with Crippen LogP contribution in [0.25, 0.3) is 0 Å². The van der Waals surface area contributed by atoms with Gasteiger partial charge in [0.05, 0.1) is 42.7 Å². The molecule has 0 aliphatic rings. The van der Waals surface area contributed by atoms with E-state index in [1.54, 1.807) is 42.7 Å². The van der Waals surface area contributed by atoms with Gasteiger partial charge in [-0.15, -0.1) is 0 Å². The molecule has 3 rings (SSSR count). The lowest BCUT2D eigenvalue weighted by Crippen LogP contribution is -2.25. The van der Waals surface area contributed by atoms with E-state index >= 15 is 0 Å². The van der Waals surface area contributed by atoms with Crippen molar-refractivity contribution in [1.82, 2.24) is 9.97 Å². The zero-order valence-corrected chi connectivity index (χ0v) is 21.6. The van der Waals surface area contributed by atoms with Crippen LogP contribution in [0.4, 0.5) is 5.95 Å². The third kappa shape index (κ3) is 5.56. The van der Waals surface area contributed by atoms with E-state index in [-0.39, 0.29) is 0 Å². The highest BCUT2D eigenvalue weighted by molar-refractivity contribution is 9.10. The number of methoxy groups -OCH3 is 6. The Hall–Kier alpha value is -3.40. The minimum atomic E-state index is 0.357. The molecule has 0 radical (unpaired) electrons. The van der Waals surface area contributed by atoms with Gasteiger partial charge in [-0.3, -0.25) is 0 Å². The predicted octanol–water partition coefficient (Wildman–Crippen LogP) is 4.50. The topological polar surface area (TPSA) is 84.4 Å². The summed E-state index contributed by atoms with van der Waals surface area (Å²) in [5.74, 6) is 3.89. The highest BCUT2D eigenvalue weighted by Gasteiger charge is 2.21. The van der Waals surface area contributed by atoms with E-state index < -0.39 is 0 Å². The Morgan fingerprint density at radius 2 is 1.09 bits per heavy atom. The van der Waals surface area contributed by atoms with Gasteiger partial charge in [-0.2, -0.15) is 9.97 Å². The van der Waals surface area contributed by atoms with E-state index in [1.165, 1.54) is 0 Å². The molecule has 0 saturated carbocycles. The standard InChI is InChI=1S/C24H28BrN3O6/c1-29-17-9-7-15(19(11-17)31-3)13-28(14-16-8-10-18(30-2)12-20(16)32-4)24-26-22(33-5)21(25)23(27-24)34-6/h7-12H,13-14H2,1-6H3. The van der Waals surface area contributed by atoms with E-state index in [9.17, 15) is 0 Å². The summed E-state index contributed by atoms with van der Waals surface area (Å²) in [5, 5.41) is 0. The fourth-order valence-electron chi connectivity index (χ4n) is 3.38. The first-order valence-electron chi connectivity index (χ1n) is 10.3. The van der Waals surface area contributed by atoms with Crippen molar-refractivity contribution in [2.45, 2.75) is 13.1 Å². The lowest BCUT2D eigenvalue weighted by Gasteiger charge is -2.26. The van der Waals surface area contributed by atoms with Crippen molar-refractivity contribution >= 4 is 21.9 Å². The summed E-state index contributed by atoms with van der Waals surface area (Å²) in [7, 11) is 9.56. The molecular formula is C24H28BrN3O6. The number of anilines is 1. The Morgan fingerprint density at radius 3 is 1.44 bits per heavy atom. The summed E-state index contributed by atoms with van der Waals surface area (Å²) in [4.78, 5) is 11.2. The molecule has 1 aromatic heterocycles. The number of halogens is 1. The molecule has 34 heavy (non-hydrogen) atoms. The number of rotatable bonds is 11. The van der Waals surface area contributed by atoms with Crippen molar-refractivity contribution in [3.8, 4) is 34.8 Å². The lowest BCUT2D eigenvalue weighted by atomic mass is 10.1. The predicted molar refractivity (Wildman–Crippen MR) is 132 cm³/mol. The van der Waals surface area contributed by atoms with Crippen molar-refractivity contribution in [2.24, 2.45) is 0 Å². The first-order valence-corrected chi connectivity index (χ1v) is 11.1. The van der Waals surface area contributed by atoms with E-state index in [1.807, 2.05) is 41.3 Å². The molecule has 9 nitrogen and oxygen atoms in total. The van der Waals surface area contributed by atoms with Crippen LogP contribution in [0, 0.1) is 0 Å². The number of hydrogen-bond donors (Lipinski definition) is 0. The second-order valence-corrected chi connectivity index (χ2v) is 7.86. The zero-order chi connectivity index (χ0) is 24.7. The Kier molecular flexibility index (Phi) is 8.64. The number of benzene rings is 2. The molecule has 0 bridgehead atoms. The van der Waals surface area contributed by atoms with Crippen LogP contribution >= 0.6 is 15.9 Å². The van der Waals surface area contributed by atoms with Gasteiger partial charge in [-0.05, 0) is 40.2 Å². The molecule has 0 atom stereocenters. The summed E-state index contributed by atoms with van der Waals surface area (Å²) >= 11 is 3.43. The summed E-state index contributed by atoms with van der Waals surface area (Å²) < 4.78 is 33.3. The SMILES string of the molecule is COc1ccc(CN(Cc2ccc(OC)cc2OC)c2nc(OC)c(Br)c(OC)n2)c(OC)c1. The summed E-state index contributed by atoms with van der Waals surface area (Å²) in [5.41, 5.74) is 1.83. The molecule has 2 aromatic carbocycles. The first kappa shape index (κ1) is 25.2. The molecule has 3 aromatic rings. The number of ether oxygens (including phenoxy) is 6. The normalized spacial score (nSPS) is 10.4. The molecule has 0 amide bonds. The third-order valence-electron chi connectivity index (χ3n) is 5.16. The summed E-state index contributed by atoms with van der Waals surface area (Å²) in [6.07, 6.45) is 0. The summed E-state index contributed by atoms with van der Waals surface area (Å²) in [6.45, 7) is 0.854. The van der Waals surface area contributed by atoms with E-state index in [0.29, 0.717) is 58.3 Å². The van der Waals surface area contributed by atoms with Gasteiger partial charge in [0.1, 0.15) is 27.5 Å². The van der Waals surface area contributed by atoms with Crippen molar-refractivity contribution in [3.05, 3.63) is 52.0 Å². The van der Waals surface area contributed by atoms with Gasteiger partial charge >= 0.3 is 0 Å². The molecule has 0 saturated heterocycles. The smallest absolute Gasteiger partial charge is 0.236 e. The molecule has 0 spiro atoms. The van der Waals surface area contributed by atoms with Gasteiger partial charge < -0.3 is 33.3 Å². The Labute approximate surface area is 207 Å². The average Bonchev–Trinajstić information content (AvgIpc) is 2.88. The maximum absolute atomic E-state index is 5.61. The first-order chi connectivity index (χ1) is 16.5. The molecular weight excluding hydrogens is 506 g/mol. The van der Waals surface area contributed by atoms with E-state index in [2.05, 4.69) is 25.9 Å². The van der Waals surface area contributed by atoms with Crippen LogP contribution in [0.1, 0.15) is 11.1 Å². The van der Waals surface area contributed by atoms with Crippen LogP contribution in [0.15, 0.2) is 40.9 Å². The van der Waals surface area contributed by atoms with Crippen LogP contribution in [-0.4, -0.2) is 52.6 Å². The van der Waals surface area contributed by atoms with Crippen molar-refractivity contribution in [2.75, 3.05) is 47.6 Å². The number of aromatic nitrogens is 2. The van der Waals surface area contributed by atoms with Crippen molar-refractivity contribution in [1.29, 1.82) is 0 Å². The molecule has 182 valence electrons. The van der Waals surface area contributed by atoms with Crippen LogP contribution in [-0.2, 0) is 13.1 Å². The van der Waals surface area contributed by atoms with E-state index in [0.717, 1.165) is 11.1 Å². The van der Waals surface area contributed by atoms with Gasteiger partial charge in [-0.1, -0.05) is 0 Å². The fraction of sp³-hybridized carbons (Fsp3) is 0.333. The Balaban J connectivity index is 2.09. The molecule has 0 aliphatic carbocycles. The number of nitrogens with zero attached hydrogens (tertiary/aromatic N) is 3. The Morgan fingerprint density at radius 1 is 0.647 bits per heavy atom. The van der Waals surface area contributed by atoms with Gasteiger partial charge in [-0.25, -0.2) is 0 Å². The van der Waals surface area contributed by atoms with Crippen LogP contribution in [0.2, 0.25) is 0 Å². The quantitative estimate of drug-likeness (QED) is 0.353. The zero-order valence-electron chi connectivity index (χ0n) is 20.0. The lowest BCUT2D eigenvalue weighted by molar-refractivity contribution is 0.365. The van der Waals surface area contributed by atoms with Crippen LogP contribution in [0.3, 0.4) is 0 Å². The second kappa shape index (κ2) is 11.6. The molecule has 0 N–H and O–H groups in total. The monoisotopic (exact) mass is 533 g/mol. The molecule has 0 aliphatic heterocycles. The van der Waals surface area contributed by atoms with Gasteiger partial charge in [0, 0.05) is 36.3 Å². The van der Waals surface area contributed by atoms with Gasteiger partial charge in [0.25, 0.3) is 0 Å². The van der Waals surface area contributed by atoms with Gasteiger partial charge in [0.2, 0.25) is 17.7 Å². The largest absolute Gasteiger partial charge is 0.497 e. The van der Waals surface area contributed by atoms with E-state index in [4.69, 9.17) is 28.4 Å². The highest BCUT2D eigenvalue weighted by Crippen LogP contribution is 2.35. The maximum atomic E-state index is 5.61. The minimum Gasteiger partial charge on any atom is -0.497 e. The van der Waals surface area contributed by atoms with Crippen molar-refractivity contribution in [3.63, 3.8) is 0 Å². The number of hydrogen-bond acceptors (Lipinski definition) is 9. The van der Waals surface area contributed by atoms with Crippen molar-refractivity contribution < 1.29 is 28.4 Å². The molecule has 10 heteroatoms.